The van der Waals surface area contributed by atoms with Gasteiger partial charge in [0, 0.05) is 6.42 Å². The van der Waals surface area contributed by atoms with E-state index in [-0.39, 0.29) is 17.1 Å². The van der Waals surface area contributed by atoms with E-state index in [0.717, 1.165) is 42.4 Å². The number of halogens is 1. The number of aromatic hydroxyl groups is 1. The van der Waals surface area contributed by atoms with Crippen molar-refractivity contribution in [1.29, 1.82) is 0 Å². The van der Waals surface area contributed by atoms with E-state index in [4.69, 9.17) is 4.74 Å². The molecule has 4 heteroatoms. The normalized spacial score (nSPS) is 30.7. The molecular weight excluding hydrogens is 463 g/mol. The summed E-state index contributed by atoms with van der Waals surface area (Å²) < 4.78 is 19.5. The first kappa shape index (κ1) is 28.4. The molecular formula is C33H51FO3. The minimum atomic E-state index is -0.829. The van der Waals surface area contributed by atoms with Crippen LogP contribution in [0.2, 0.25) is 0 Å². The molecule has 0 spiro atoms. The van der Waals surface area contributed by atoms with Gasteiger partial charge in [0.1, 0.15) is 0 Å². The maximum atomic E-state index is 14.3. The molecule has 3 aliphatic carbocycles. The van der Waals surface area contributed by atoms with Crippen LogP contribution in [0, 0.1) is 41.3 Å². The van der Waals surface area contributed by atoms with Gasteiger partial charge in [-0.3, -0.25) is 4.79 Å². The molecule has 1 aromatic rings. The van der Waals surface area contributed by atoms with E-state index >= 15 is 0 Å². The summed E-state index contributed by atoms with van der Waals surface area (Å²) in [5, 5.41) is 10.2. The summed E-state index contributed by atoms with van der Waals surface area (Å²) >= 11 is 0. The standard InChI is InChI=1S/C33H51FO3/c1-3-5-23-12-16-27(17-13-23)28-18-14-25(15-19-28)7-6-24-8-10-26(11-9-24)22-30(35)29-20-21-31(37-4-2)32(34)33(29)36/h20-21,23-28,36H,3-19,22H2,1-2H3. The second-order valence-corrected chi connectivity index (χ2v) is 12.6. The number of carbonyl (C=O) groups excluding carboxylic acids is 1. The first-order valence-corrected chi connectivity index (χ1v) is 15.7. The molecule has 0 atom stereocenters. The maximum Gasteiger partial charge on any atom is 0.207 e. The Hall–Kier alpha value is -1.58. The lowest BCUT2D eigenvalue weighted by Gasteiger charge is -2.38. The highest BCUT2D eigenvalue weighted by Gasteiger charge is 2.31. The molecule has 0 radical (unpaired) electrons. The Morgan fingerprint density at radius 1 is 0.784 bits per heavy atom. The zero-order chi connectivity index (χ0) is 26.2. The summed E-state index contributed by atoms with van der Waals surface area (Å²) in [7, 11) is 0. The van der Waals surface area contributed by atoms with E-state index in [1.165, 1.54) is 102 Å². The van der Waals surface area contributed by atoms with Gasteiger partial charge in [-0.15, -0.1) is 0 Å². The van der Waals surface area contributed by atoms with E-state index in [0.29, 0.717) is 18.9 Å². The second kappa shape index (κ2) is 14.0. The van der Waals surface area contributed by atoms with Gasteiger partial charge in [0.25, 0.3) is 0 Å². The molecule has 0 bridgehead atoms. The number of hydrogen-bond donors (Lipinski definition) is 1. The summed E-state index contributed by atoms with van der Waals surface area (Å²) in [6.07, 6.45) is 22.3. The van der Waals surface area contributed by atoms with Crippen molar-refractivity contribution in [3.63, 3.8) is 0 Å². The fraction of sp³-hybridized carbons (Fsp3) is 0.788. The Morgan fingerprint density at radius 3 is 1.78 bits per heavy atom. The number of benzene rings is 1. The number of ketones is 1. The minimum absolute atomic E-state index is 0.0000747. The van der Waals surface area contributed by atoms with E-state index < -0.39 is 11.6 Å². The van der Waals surface area contributed by atoms with E-state index in [1.807, 2.05) is 0 Å². The molecule has 0 amide bonds. The van der Waals surface area contributed by atoms with Gasteiger partial charge in [-0.05, 0) is 93.1 Å². The highest BCUT2D eigenvalue weighted by atomic mass is 19.1. The van der Waals surface area contributed by atoms with Crippen LogP contribution >= 0.6 is 0 Å². The van der Waals surface area contributed by atoms with Gasteiger partial charge in [-0.2, -0.15) is 4.39 Å². The lowest BCUT2D eigenvalue weighted by molar-refractivity contribution is 0.0936. The van der Waals surface area contributed by atoms with Crippen LogP contribution in [0.5, 0.6) is 11.5 Å². The summed E-state index contributed by atoms with van der Waals surface area (Å²) in [6.45, 7) is 4.41. The zero-order valence-corrected chi connectivity index (χ0v) is 23.5. The van der Waals surface area contributed by atoms with Gasteiger partial charge in [0.2, 0.25) is 5.82 Å². The number of ether oxygens (including phenoxy) is 1. The number of phenols is 1. The van der Waals surface area contributed by atoms with Gasteiger partial charge in [0.15, 0.2) is 17.3 Å². The van der Waals surface area contributed by atoms with Crippen molar-refractivity contribution in [1.82, 2.24) is 0 Å². The number of carbonyl (C=O) groups is 1. The van der Waals surface area contributed by atoms with Crippen molar-refractivity contribution in [3.05, 3.63) is 23.5 Å². The summed E-state index contributed by atoms with van der Waals surface area (Å²) in [5.41, 5.74) is 0.0904. The van der Waals surface area contributed by atoms with E-state index in [2.05, 4.69) is 6.92 Å². The molecule has 208 valence electrons. The van der Waals surface area contributed by atoms with Crippen molar-refractivity contribution in [2.75, 3.05) is 6.61 Å². The third kappa shape index (κ3) is 7.73. The fourth-order valence-electron chi connectivity index (χ4n) is 7.91. The van der Waals surface area contributed by atoms with Gasteiger partial charge < -0.3 is 9.84 Å². The largest absolute Gasteiger partial charge is 0.504 e. The molecule has 0 unspecified atom stereocenters. The Labute approximate surface area is 225 Å². The molecule has 4 rings (SSSR count). The second-order valence-electron chi connectivity index (χ2n) is 12.6. The van der Waals surface area contributed by atoms with Crippen molar-refractivity contribution in [3.8, 4) is 11.5 Å². The Bertz CT molecular complexity index is 843. The fourth-order valence-corrected chi connectivity index (χ4v) is 7.91. The minimum Gasteiger partial charge on any atom is -0.504 e. The van der Waals surface area contributed by atoms with Gasteiger partial charge >= 0.3 is 0 Å². The SMILES string of the molecule is CCCC1CCC(C2CCC(CCC3CCC(CC(=O)c4ccc(OCC)c(F)c4O)CC3)CC2)CC1. The highest BCUT2D eigenvalue weighted by molar-refractivity contribution is 5.99. The first-order chi connectivity index (χ1) is 18.0. The topological polar surface area (TPSA) is 46.5 Å². The molecule has 0 heterocycles. The van der Waals surface area contributed by atoms with Crippen LogP contribution in [0.15, 0.2) is 12.1 Å². The molecule has 37 heavy (non-hydrogen) atoms. The van der Waals surface area contributed by atoms with Gasteiger partial charge in [-0.1, -0.05) is 71.1 Å². The predicted octanol–water partition coefficient (Wildman–Crippen LogP) is 9.50. The van der Waals surface area contributed by atoms with Gasteiger partial charge in [-0.25, -0.2) is 0 Å². The zero-order valence-electron chi connectivity index (χ0n) is 23.5. The van der Waals surface area contributed by atoms with Crippen LogP contribution in [-0.4, -0.2) is 17.5 Å². The van der Waals surface area contributed by atoms with E-state index in [1.54, 1.807) is 6.92 Å². The Morgan fingerprint density at radius 2 is 1.27 bits per heavy atom. The summed E-state index contributed by atoms with van der Waals surface area (Å²) in [5.74, 6) is 3.59. The molecule has 1 N–H and O–H groups in total. The van der Waals surface area contributed by atoms with Crippen LogP contribution in [0.3, 0.4) is 0 Å². The van der Waals surface area contributed by atoms with Gasteiger partial charge in [0.05, 0.1) is 12.2 Å². The highest BCUT2D eigenvalue weighted by Crippen LogP contribution is 2.44. The summed E-state index contributed by atoms with van der Waals surface area (Å²) in [4.78, 5) is 12.8. The predicted molar refractivity (Wildman–Crippen MR) is 149 cm³/mol. The average Bonchev–Trinajstić information content (AvgIpc) is 2.92. The molecule has 0 aromatic heterocycles. The quantitative estimate of drug-likeness (QED) is 0.299. The van der Waals surface area contributed by atoms with Crippen molar-refractivity contribution in [2.24, 2.45) is 35.5 Å². The smallest absolute Gasteiger partial charge is 0.207 e. The molecule has 0 aliphatic heterocycles. The molecule has 3 aliphatic rings. The third-order valence-electron chi connectivity index (χ3n) is 10.3. The lowest BCUT2D eigenvalue weighted by atomic mass is 9.68. The first-order valence-electron chi connectivity index (χ1n) is 15.7. The van der Waals surface area contributed by atoms with Crippen LogP contribution in [0.4, 0.5) is 4.39 Å². The lowest BCUT2D eigenvalue weighted by Crippen LogP contribution is -2.26. The molecule has 3 saturated carbocycles. The van der Waals surface area contributed by atoms with Crippen molar-refractivity contribution in [2.45, 2.75) is 123 Å². The summed E-state index contributed by atoms with van der Waals surface area (Å²) in [6, 6.07) is 2.96. The molecule has 0 saturated heterocycles. The van der Waals surface area contributed by atoms with Crippen molar-refractivity contribution < 1.29 is 19.0 Å². The maximum absolute atomic E-state index is 14.3. The monoisotopic (exact) mass is 514 g/mol. The van der Waals surface area contributed by atoms with E-state index in [9.17, 15) is 14.3 Å². The molecule has 3 fully saturated rings. The van der Waals surface area contributed by atoms with Crippen LogP contribution < -0.4 is 4.74 Å². The number of phenolic OH excluding ortho intramolecular Hbond substituents is 1. The Balaban J connectivity index is 1.12. The number of rotatable bonds is 11. The number of hydrogen-bond acceptors (Lipinski definition) is 3. The molecule has 1 aromatic carbocycles. The molecule has 3 nitrogen and oxygen atoms in total. The van der Waals surface area contributed by atoms with Crippen LogP contribution in [0.1, 0.15) is 133 Å². The average molecular weight is 515 g/mol. The van der Waals surface area contributed by atoms with Crippen LogP contribution in [-0.2, 0) is 0 Å². The van der Waals surface area contributed by atoms with Crippen molar-refractivity contribution >= 4 is 5.78 Å². The number of Topliss-reactive ketones (excluding diaryl/α,β-unsaturated/α-hetero) is 1. The third-order valence-corrected chi connectivity index (χ3v) is 10.3. The Kier molecular flexibility index (Phi) is 10.7. The van der Waals surface area contributed by atoms with Crippen LogP contribution in [0.25, 0.3) is 0 Å².